The molecular formula is C72H64Cl2Fe2Ir2P4+2. The van der Waals surface area contributed by atoms with Crippen molar-refractivity contribution in [1.29, 1.82) is 0 Å². The average molecular weight is 1620 g/mol. The van der Waals surface area contributed by atoms with Gasteiger partial charge < -0.3 is 24.8 Å². The number of hydrogen-bond acceptors (Lipinski definition) is 0. The fourth-order valence-corrected chi connectivity index (χ4v) is 20.3. The third-order valence-electron chi connectivity index (χ3n) is 13.1. The zero-order chi connectivity index (χ0) is 52.0. The van der Waals surface area contributed by atoms with E-state index in [4.69, 9.17) is 0 Å². The molecule has 82 heavy (non-hydrogen) atoms. The van der Waals surface area contributed by atoms with Crippen molar-refractivity contribution < 1.29 is 99.2 Å². The van der Waals surface area contributed by atoms with Gasteiger partial charge in [0.15, 0.2) is 0 Å². The van der Waals surface area contributed by atoms with E-state index >= 15 is 0 Å². The predicted octanol–water partition coefficient (Wildman–Crippen LogP) is 8.79. The van der Waals surface area contributed by atoms with E-state index in [-0.39, 0.29) is 99.2 Å². The van der Waals surface area contributed by atoms with Crippen molar-refractivity contribution in [3.63, 3.8) is 0 Å². The minimum atomic E-state index is -0.614. The standard InChI is InChI=1S/2C31H27P2.2C5H5.2ClH.2Fe.2Ir/c2*1-25(32(26-15-6-2-7-16-26)27-17-8-3-9-18-27)30-23-14-24-31(30)33(28-19-10-4-11-20-28)29-21-12-5-13-22-29;2*1-2-4-5-3-1;;;;;;/h2*2-25H,1H3;2*1-5H;2*1H;;;;/q;;;;;;2*+2;;/p-2. The first-order chi connectivity index (χ1) is 37.7. The summed E-state index contributed by atoms with van der Waals surface area (Å²) in [6.45, 7) is 4.85. The summed E-state index contributed by atoms with van der Waals surface area (Å²) >= 11 is 0. The van der Waals surface area contributed by atoms with Crippen LogP contribution in [0.3, 0.4) is 0 Å². The molecule has 0 nitrogen and oxygen atoms in total. The molecule has 4 aliphatic carbocycles. The van der Waals surface area contributed by atoms with Gasteiger partial charge in [0.2, 0.25) is 0 Å². The van der Waals surface area contributed by atoms with Gasteiger partial charge in [-0.2, -0.15) is 0 Å². The number of halogens is 2. The van der Waals surface area contributed by atoms with E-state index in [2.05, 4.69) is 295 Å². The van der Waals surface area contributed by atoms with Gasteiger partial charge in [0, 0.05) is 51.5 Å². The Morgan fingerprint density at radius 2 is 0.402 bits per heavy atom. The van der Waals surface area contributed by atoms with Gasteiger partial charge in [-0.15, -0.1) is 0 Å². The average Bonchev–Trinajstić information content (AvgIpc) is 4.50. The molecule has 2 atom stereocenters. The molecule has 0 N–H and O–H groups in total. The molecule has 0 spiro atoms. The summed E-state index contributed by atoms with van der Waals surface area (Å²) in [6.07, 6.45) is 34.0. The van der Waals surface area contributed by atoms with E-state index in [9.17, 15) is 0 Å². The summed E-state index contributed by atoms with van der Waals surface area (Å²) in [6, 6.07) is 88.4. The molecule has 4 aliphatic rings. The third-order valence-corrected chi connectivity index (χ3v) is 23.7. The van der Waals surface area contributed by atoms with Crippen LogP contribution < -0.4 is 67.3 Å². The normalized spacial score (nSPS) is 15.7. The Kier molecular flexibility index (Phi) is 37.8. The van der Waals surface area contributed by atoms with E-state index in [1.807, 2.05) is 64.2 Å². The molecule has 0 aliphatic heterocycles. The minimum absolute atomic E-state index is 0. The van der Waals surface area contributed by atoms with Gasteiger partial charge in [-0.3, -0.25) is 0 Å². The number of rotatable bonds is 14. The number of hydrogen-bond donors (Lipinski definition) is 0. The van der Waals surface area contributed by atoms with Crippen LogP contribution in [0.2, 0.25) is 0 Å². The van der Waals surface area contributed by atoms with E-state index in [1.165, 1.54) is 65.6 Å². The van der Waals surface area contributed by atoms with Crippen LogP contribution >= 0.6 is 31.7 Å². The summed E-state index contributed by atoms with van der Waals surface area (Å²) in [7, 11) is -2.29. The zero-order valence-corrected chi connectivity index (χ0v) is 57.5. The molecule has 0 bridgehead atoms. The van der Waals surface area contributed by atoms with Crippen molar-refractivity contribution in [2.45, 2.75) is 25.2 Å². The Hall–Kier alpha value is -1.60. The molecule has 0 heterocycles. The summed E-state index contributed by atoms with van der Waals surface area (Å²) in [5, 5.41) is 11.3. The minimum Gasteiger partial charge on any atom is -1.00 e. The van der Waals surface area contributed by atoms with E-state index in [0.717, 1.165) is 0 Å². The van der Waals surface area contributed by atoms with E-state index in [0.29, 0.717) is 11.3 Å². The van der Waals surface area contributed by atoms with Gasteiger partial charge in [-0.1, -0.05) is 257 Å². The maximum Gasteiger partial charge on any atom is 2.00 e. The van der Waals surface area contributed by atoms with Gasteiger partial charge >= 0.3 is 34.1 Å². The molecular weight excluding hydrogens is 1560 g/mol. The molecule has 0 amide bonds. The molecule has 4 fully saturated rings. The van der Waals surface area contributed by atoms with Crippen LogP contribution in [-0.4, -0.2) is 11.3 Å². The summed E-state index contributed by atoms with van der Waals surface area (Å²) < 4.78 is 0. The molecule has 0 aromatic heterocycles. The maximum absolute atomic E-state index is 2.42. The van der Waals surface area contributed by atoms with Crippen LogP contribution in [0.15, 0.2) is 243 Å². The van der Waals surface area contributed by atoms with Crippen molar-refractivity contribution in [2.24, 2.45) is 0 Å². The summed E-state index contributed by atoms with van der Waals surface area (Å²) in [5.41, 5.74) is 3.78. The van der Waals surface area contributed by atoms with Gasteiger partial charge in [0.25, 0.3) is 0 Å². The zero-order valence-electron chi connectivity index (χ0n) is 45.4. The van der Waals surface area contributed by atoms with Crippen molar-refractivity contribution in [1.82, 2.24) is 0 Å². The number of benzene rings is 8. The molecule has 0 saturated heterocycles. The van der Waals surface area contributed by atoms with Crippen LogP contribution in [0.4, 0.5) is 0 Å². The Bertz CT molecular complexity index is 2440. The van der Waals surface area contributed by atoms with Gasteiger partial charge in [-0.05, 0) is 200 Å². The molecule has 8 aromatic carbocycles. The van der Waals surface area contributed by atoms with Gasteiger partial charge in [0.1, 0.15) is 0 Å². The first-order valence-electron chi connectivity index (χ1n) is 26.1. The molecule has 4 saturated carbocycles. The van der Waals surface area contributed by atoms with Crippen LogP contribution in [0.5, 0.6) is 0 Å². The molecule has 22 radical (unpaired) electrons. The molecule has 418 valence electrons. The second-order valence-corrected chi connectivity index (χ2v) is 27.6. The topological polar surface area (TPSA) is 0 Å². The fourth-order valence-electron chi connectivity index (χ4n) is 9.59. The Labute approximate surface area is 561 Å². The van der Waals surface area contributed by atoms with Crippen LogP contribution in [-0.2, 0) is 74.3 Å². The van der Waals surface area contributed by atoms with Crippen LogP contribution in [0.25, 0.3) is 0 Å². The van der Waals surface area contributed by atoms with Gasteiger partial charge in [0.05, 0.1) is 0 Å². The second kappa shape index (κ2) is 41.5. The maximum atomic E-state index is 2.42. The quantitative estimate of drug-likeness (QED) is 0.0756. The van der Waals surface area contributed by atoms with Gasteiger partial charge in [-0.25, -0.2) is 0 Å². The molecule has 2 unspecified atom stereocenters. The third kappa shape index (κ3) is 21.3. The van der Waals surface area contributed by atoms with Crippen molar-refractivity contribution in [2.75, 3.05) is 0 Å². The van der Waals surface area contributed by atoms with E-state index < -0.39 is 31.7 Å². The first kappa shape index (κ1) is 74.6. The Balaban J connectivity index is 0.000000344. The second-order valence-electron chi connectivity index (χ2n) is 18.1. The largest absolute Gasteiger partial charge is 2.00 e. The van der Waals surface area contributed by atoms with Crippen LogP contribution in [0, 0.1) is 126 Å². The molecule has 8 aromatic rings. The smallest absolute Gasteiger partial charge is 1.00 e. The fraction of sp³-hybridized carbons (Fsp3) is 0.0556. The predicted molar refractivity (Wildman–Crippen MR) is 337 cm³/mol. The Morgan fingerprint density at radius 3 is 0.585 bits per heavy atom. The Morgan fingerprint density at radius 1 is 0.232 bits per heavy atom. The van der Waals surface area contributed by atoms with Crippen LogP contribution in [0.1, 0.15) is 13.8 Å². The summed E-state index contributed by atoms with van der Waals surface area (Å²) in [5.74, 6) is 2.96. The monoisotopic (exact) mass is 1620 g/mol. The van der Waals surface area contributed by atoms with Crippen molar-refractivity contribution >= 4 is 74.1 Å². The van der Waals surface area contributed by atoms with E-state index in [1.54, 1.807) is 0 Å². The SMILES string of the molecule is CC([C]1[CH][CH][CH][C]1P(c1ccccc1)c1ccccc1)P(c1ccccc1)c1ccccc1.CC([C]1[CH][CH][CH][C]1P(c1ccccc1)c1ccccc1)P(c1ccccc1)c1ccccc1.[CH]1[CH][CH][CH][CH]1.[CH]1[CH][CH][CH][CH]1.[Cl-].[Cl-].[Fe+2].[Fe+2].[Ir].[Ir]. The van der Waals surface area contributed by atoms with Crippen molar-refractivity contribution in [3.05, 3.63) is 369 Å². The first-order valence-corrected chi connectivity index (χ1v) is 31.6. The summed E-state index contributed by atoms with van der Waals surface area (Å²) in [4.78, 5) is 0. The molecule has 12 rings (SSSR count). The van der Waals surface area contributed by atoms with Crippen molar-refractivity contribution in [3.8, 4) is 0 Å². The molecule has 10 heteroatoms.